The number of halogens is 1. The average Bonchev–Trinajstić information content (AvgIpc) is 2.62. The lowest BCUT2D eigenvalue weighted by Gasteiger charge is -1.95. The van der Waals surface area contributed by atoms with Crippen LogP contribution < -0.4 is 0 Å². The Morgan fingerprint density at radius 1 is 1.25 bits per heavy atom. The molecule has 1 aromatic carbocycles. The quantitative estimate of drug-likeness (QED) is 0.862. The van der Waals surface area contributed by atoms with Gasteiger partial charge in [0.15, 0.2) is 0 Å². The summed E-state index contributed by atoms with van der Waals surface area (Å²) in [5.41, 5.74) is 1.83. The van der Waals surface area contributed by atoms with Gasteiger partial charge in [0.05, 0.1) is 0 Å². The Kier molecular flexibility index (Phi) is 3.06. The molecule has 2 nitrogen and oxygen atoms in total. The molecule has 0 atom stereocenters. The van der Waals surface area contributed by atoms with E-state index in [9.17, 15) is 4.39 Å². The van der Waals surface area contributed by atoms with Gasteiger partial charge < -0.3 is 9.52 Å². The molecule has 1 N–H and O–H groups in total. The maximum absolute atomic E-state index is 12.7. The number of rotatable bonds is 3. The van der Waals surface area contributed by atoms with Gasteiger partial charge in [-0.2, -0.15) is 0 Å². The minimum absolute atomic E-state index is 0.100. The van der Waals surface area contributed by atoms with E-state index < -0.39 is 0 Å². The topological polar surface area (TPSA) is 33.4 Å². The van der Waals surface area contributed by atoms with Crippen molar-refractivity contribution < 1.29 is 13.9 Å². The summed E-state index contributed by atoms with van der Waals surface area (Å²) in [4.78, 5) is 0. The summed E-state index contributed by atoms with van der Waals surface area (Å²) in [7, 11) is 0. The number of furan rings is 1. The predicted molar refractivity (Wildman–Crippen MR) is 59.6 cm³/mol. The van der Waals surface area contributed by atoms with Gasteiger partial charge in [-0.25, -0.2) is 4.39 Å². The Bertz CT molecular complexity index is 471. The van der Waals surface area contributed by atoms with Crippen LogP contribution in [0.3, 0.4) is 0 Å². The van der Waals surface area contributed by atoms with Crippen molar-refractivity contribution in [1.82, 2.24) is 0 Å². The summed E-state index contributed by atoms with van der Waals surface area (Å²) in [6.45, 7) is 1.96. The van der Waals surface area contributed by atoms with Crippen molar-refractivity contribution in [3.05, 3.63) is 47.5 Å². The van der Waals surface area contributed by atoms with Crippen molar-refractivity contribution in [3.8, 4) is 11.3 Å². The number of aliphatic hydroxyl groups is 1. The highest BCUT2D eigenvalue weighted by Gasteiger charge is 2.08. The first-order valence-corrected chi connectivity index (χ1v) is 5.17. The summed E-state index contributed by atoms with van der Waals surface area (Å²) >= 11 is 0. The molecule has 0 aliphatic carbocycles. The molecule has 0 radical (unpaired) electrons. The fourth-order valence-electron chi connectivity index (χ4n) is 1.64. The highest BCUT2D eigenvalue weighted by atomic mass is 19.1. The molecule has 3 heteroatoms. The zero-order chi connectivity index (χ0) is 11.5. The number of aliphatic hydroxyl groups excluding tert-OH is 1. The lowest BCUT2D eigenvalue weighted by molar-refractivity contribution is 0.298. The van der Waals surface area contributed by atoms with E-state index in [4.69, 9.17) is 9.52 Å². The maximum Gasteiger partial charge on any atom is 0.134 e. The van der Waals surface area contributed by atoms with Gasteiger partial charge in [0.2, 0.25) is 0 Å². The number of hydrogen-bond acceptors (Lipinski definition) is 2. The molecule has 2 rings (SSSR count). The van der Waals surface area contributed by atoms with E-state index in [1.54, 1.807) is 12.1 Å². The fourth-order valence-corrected chi connectivity index (χ4v) is 1.64. The molecule has 84 valence electrons. The lowest BCUT2D eigenvalue weighted by atomic mass is 10.1. The van der Waals surface area contributed by atoms with Gasteiger partial charge in [-0.05, 0) is 49.2 Å². The highest BCUT2D eigenvalue weighted by Crippen LogP contribution is 2.25. The fraction of sp³-hybridized carbons (Fsp3) is 0.231. The number of benzene rings is 1. The molecular formula is C13H13FO2. The Labute approximate surface area is 93.3 Å². The van der Waals surface area contributed by atoms with Gasteiger partial charge in [-0.15, -0.1) is 0 Å². The molecule has 16 heavy (non-hydrogen) atoms. The Morgan fingerprint density at radius 3 is 2.56 bits per heavy atom. The van der Waals surface area contributed by atoms with E-state index in [1.807, 2.05) is 13.0 Å². The molecule has 1 aromatic heterocycles. The van der Waals surface area contributed by atoms with Crippen LogP contribution in [0.15, 0.2) is 34.7 Å². The van der Waals surface area contributed by atoms with Gasteiger partial charge in [0.1, 0.15) is 17.3 Å². The summed E-state index contributed by atoms with van der Waals surface area (Å²) in [6.07, 6.45) is 0.580. The van der Waals surface area contributed by atoms with Gasteiger partial charge in [-0.1, -0.05) is 0 Å². The monoisotopic (exact) mass is 220 g/mol. The molecule has 2 aromatic rings. The lowest BCUT2D eigenvalue weighted by Crippen LogP contribution is -1.89. The first kappa shape index (κ1) is 10.9. The van der Waals surface area contributed by atoms with Crippen LogP contribution in [-0.4, -0.2) is 11.7 Å². The average molecular weight is 220 g/mol. The van der Waals surface area contributed by atoms with Crippen LogP contribution in [0.2, 0.25) is 0 Å². The first-order chi connectivity index (χ1) is 7.70. The van der Waals surface area contributed by atoms with E-state index in [2.05, 4.69) is 0 Å². The zero-order valence-corrected chi connectivity index (χ0v) is 9.03. The van der Waals surface area contributed by atoms with Crippen molar-refractivity contribution in [2.75, 3.05) is 6.61 Å². The molecule has 0 bridgehead atoms. The molecule has 0 aliphatic heterocycles. The second-order valence-electron chi connectivity index (χ2n) is 3.67. The minimum atomic E-state index is -0.261. The van der Waals surface area contributed by atoms with Crippen molar-refractivity contribution in [2.45, 2.75) is 13.3 Å². The normalized spacial score (nSPS) is 10.7. The number of aryl methyl sites for hydroxylation is 1. The third-order valence-corrected chi connectivity index (χ3v) is 2.53. The predicted octanol–water partition coefficient (Wildman–Crippen LogP) is 2.93. The van der Waals surface area contributed by atoms with Crippen molar-refractivity contribution in [1.29, 1.82) is 0 Å². The standard InChI is InChI=1S/C13H13FO2/c1-9-11(6-7-15)8-13(16-9)10-2-4-12(14)5-3-10/h2-5,8,15H,6-7H2,1H3. The second kappa shape index (κ2) is 4.49. The minimum Gasteiger partial charge on any atom is -0.461 e. The van der Waals surface area contributed by atoms with Gasteiger partial charge in [0, 0.05) is 12.2 Å². The Hall–Kier alpha value is -1.61. The number of hydrogen-bond donors (Lipinski definition) is 1. The van der Waals surface area contributed by atoms with E-state index in [0.717, 1.165) is 16.9 Å². The summed E-state index contributed by atoms with van der Waals surface area (Å²) < 4.78 is 18.3. The van der Waals surface area contributed by atoms with E-state index in [-0.39, 0.29) is 12.4 Å². The van der Waals surface area contributed by atoms with Crippen LogP contribution >= 0.6 is 0 Å². The van der Waals surface area contributed by atoms with Crippen LogP contribution in [0.1, 0.15) is 11.3 Å². The second-order valence-corrected chi connectivity index (χ2v) is 3.67. The van der Waals surface area contributed by atoms with Gasteiger partial charge in [0.25, 0.3) is 0 Å². The van der Waals surface area contributed by atoms with Gasteiger partial charge in [-0.3, -0.25) is 0 Å². The van der Waals surface area contributed by atoms with Crippen molar-refractivity contribution >= 4 is 0 Å². The zero-order valence-electron chi connectivity index (χ0n) is 9.03. The van der Waals surface area contributed by atoms with E-state index >= 15 is 0 Å². The SMILES string of the molecule is Cc1oc(-c2ccc(F)cc2)cc1CCO. The van der Waals surface area contributed by atoms with Crippen LogP contribution in [0.25, 0.3) is 11.3 Å². The molecule has 0 amide bonds. The van der Waals surface area contributed by atoms with Crippen LogP contribution in [0.5, 0.6) is 0 Å². The van der Waals surface area contributed by atoms with Crippen LogP contribution in [0, 0.1) is 12.7 Å². The molecular weight excluding hydrogens is 207 g/mol. The van der Waals surface area contributed by atoms with Crippen molar-refractivity contribution in [2.24, 2.45) is 0 Å². The van der Waals surface area contributed by atoms with Crippen LogP contribution in [0.4, 0.5) is 4.39 Å². The van der Waals surface area contributed by atoms with E-state index in [0.29, 0.717) is 12.2 Å². The Morgan fingerprint density at radius 2 is 1.94 bits per heavy atom. The molecule has 0 saturated carbocycles. The molecule has 0 aliphatic rings. The summed E-state index contributed by atoms with van der Waals surface area (Å²) in [5.74, 6) is 1.25. The molecule has 1 heterocycles. The largest absolute Gasteiger partial charge is 0.461 e. The summed E-state index contributed by atoms with van der Waals surface area (Å²) in [5, 5.41) is 8.87. The molecule has 0 saturated heterocycles. The molecule has 0 unspecified atom stereocenters. The van der Waals surface area contributed by atoms with Crippen molar-refractivity contribution in [3.63, 3.8) is 0 Å². The molecule has 0 fully saturated rings. The van der Waals surface area contributed by atoms with Crippen LogP contribution in [-0.2, 0) is 6.42 Å². The van der Waals surface area contributed by atoms with Gasteiger partial charge >= 0.3 is 0 Å². The molecule has 0 spiro atoms. The summed E-state index contributed by atoms with van der Waals surface area (Å²) in [6, 6.07) is 8.04. The Balaban J connectivity index is 2.33. The third-order valence-electron chi connectivity index (χ3n) is 2.53. The third kappa shape index (κ3) is 2.14. The first-order valence-electron chi connectivity index (χ1n) is 5.17. The maximum atomic E-state index is 12.7. The highest BCUT2D eigenvalue weighted by molar-refractivity contribution is 5.58. The van der Waals surface area contributed by atoms with E-state index in [1.165, 1.54) is 12.1 Å². The smallest absolute Gasteiger partial charge is 0.134 e.